The van der Waals surface area contributed by atoms with Crippen LogP contribution in [0.2, 0.25) is 0 Å². The molecule has 2 aromatic heterocycles. The van der Waals surface area contributed by atoms with Crippen molar-refractivity contribution >= 4 is 47.1 Å². The number of morpholine rings is 1. The predicted octanol–water partition coefficient (Wildman–Crippen LogP) is 5.25. The molecule has 7 rings (SSSR count). The number of amides is 5. The fourth-order valence-corrected chi connectivity index (χ4v) is 8.13. The van der Waals surface area contributed by atoms with Crippen LogP contribution in [0, 0.1) is 13.8 Å². The Hall–Kier alpha value is -6.40. The van der Waals surface area contributed by atoms with Gasteiger partial charge in [0.1, 0.15) is 18.3 Å². The molecule has 18 heteroatoms. The Morgan fingerprint density at radius 3 is 2.49 bits per heavy atom. The number of hydrogen-bond acceptors (Lipinski definition) is 12. The average molecular weight is 871 g/mol. The van der Waals surface area contributed by atoms with Crippen molar-refractivity contribution in [1.29, 1.82) is 0 Å². The monoisotopic (exact) mass is 870 g/mol. The van der Waals surface area contributed by atoms with Crippen LogP contribution in [0.4, 0.5) is 30.2 Å². The summed E-state index contributed by atoms with van der Waals surface area (Å²) in [5.74, 6) is -1.98. The maximum Gasteiger partial charge on any atom is 0.416 e. The summed E-state index contributed by atoms with van der Waals surface area (Å²) in [5, 5.41) is 4.88. The number of carbonyl (C=O) groups is 5. The van der Waals surface area contributed by atoms with Crippen LogP contribution in [-0.4, -0.2) is 120 Å². The first-order valence-electron chi connectivity index (χ1n) is 20.7. The third-order valence-corrected chi connectivity index (χ3v) is 11.7. The van der Waals surface area contributed by atoms with Crippen LogP contribution in [0.25, 0.3) is 11.1 Å². The molecule has 3 fully saturated rings. The molecule has 3 aliphatic heterocycles. The van der Waals surface area contributed by atoms with Gasteiger partial charge in [0.05, 0.1) is 30.7 Å². The number of benzene rings is 2. The number of aryl methyl sites for hydroxylation is 2. The minimum atomic E-state index is -4.59. The summed E-state index contributed by atoms with van der Waals surface area (Å²) in [4.78, 5) is 79.7. The molecule has 1 unspecified atom stereocenters. The van der Waals surface area contributed by atoms with Gasteiger partial charge < -0.3 is 24.6 Å². The lowest BCUT2D eigenvalue weighted by Gasteiger charge is -2.48. The zero-order valence-electron chi connectivity index (χ0n) is 35.5. The highest BCUT2D eigenvalue weighted by atomic mass is 19.4. The number of piperidine rings is 1. The molecular weight excluding hydrogens is 822 g/mol. The quantitative estimate of drug-likeness (QED) is 0.141. The van der Waals surface area contributed by atoms with Crippen LogP contribution in [-0.2, 0) is 25.3 Å². The number of ether oxygens (including phenoxy) is 2. The highest BCUT2D eigenvalue weighted by Gasteiger charge is 2.37. The molecule has 5 heterocycles. The van der Waals surface area contributed by atoms with Crippen LogP contribution in [0.15, 0.2) is 67.0 Å². The molecule has 4 aromatic rings. The molecule has 1 atom stereocenters. The zero-order valence-corrected chi connectivity index (χ0v) is 35.5. The molecule has 15 nitrogen and oxygen atoms in total. The van der Waals surface area contributed by atoms with Crippen LogP contribution in [0.5, 0.6) is 5.88 Å². The molecular formula is C45H49F3N8O7. The molecule has 3 saturated heterocycles. The Balaban J connectivity index is 1.02. The number of rotatable bonds is 12. The van der Waals surface area contributed by atoms with Gasteiger partial charge in [-0.25, -0.2) is 4.98 Å². The second-order valence-electron chi connectivity index (χ2n) is 16.4. The highest BCUT2D eigenvalue weighted by Crippen LogP contribution is 2.35. The summed E-state index contributed by atoms with van der Waals surface area (Å²) in [7, 11) is 0. The summed E-state index contributed by atoms with van der Waals surface area (Å²) in [5.41, 5.74) is 3.46. The third-order valence-electron chi connectivity index (χ3n) is 11.7. The molecule has 3 aliphatic rings. The van der Waals surface area contributed by atoms with Crippen molar-refractivity contribution in [1.82, 2.24) is 25.1 Å². The Kier molecular flexibility index (Phi) is 13.1. The first kappa shape index (κ1) is 44.6. The average Bonchev–Trinajstić information content (AvgIpc) is 3.26. The lowest BCUT2D eigenvalue weighted by atomic mass is 9.97. The molecule has 5 amide bonds. The maximum atomic E-state index is 13.7. The molecule has 2 N–H and O–H groups in total. The molecule has 2 aromatic carbocycles. The number of alkyl halides is 3. The topological polar surface area (TPSA) is 167 Å². The summed E-state index contributed by atoms with van der Waals surface area (Å²) in [6.07, 6.45) is -1.01. The molecule has 0 bridgehead atoms. The summed E-state index contributed by atoms with van der Waals surface area (Å²) in [6.45, 7) is 13.0. The summed E-state index contributed by atoms with van der Waals surface area (Å²) in [6, 6.07) is 12.3. The Morgan fingerprint density at radius 1 is 1.00 bits per heavy atom. The third kappa shape index (κ3) is 10.1. The van der Waals surface area contributed by atoms with Crippen molar-refractivity contribution in [3.8, 4) is 17.0 Å². The standard InChI is InChI=1S/C45H49F3N8O7/c1-28-8-9-34(23-35(28)43(61)56(27-57)37-10-11-39(58)52-41(37)60)54-12-13-55(44(3,4)26-54)16-19-63-42-38(53-14-17-62-18-15-53)21-31(24-50-42)36-22-33(25-49-29(36)2)51-40(59)30-6-5-7-32(20-30)45(46,47)48/h5-9,20-25,27,37H,10-19,26H2,1-4H3,(H,51,59)(H,52,58,60). The van der Waals surface area contributed by atoms with Gasteiger partial charge in [0.25, 0.3) is 11.8 Å². The number of aromatic nitrogens is 2. The van der Waals surface area contributed by atoms with E-state index in [2.05, 4.69) is 44.2 Å². The minimum absolute atomic E-state index is 0.0342. The Labute approximate surface area is 362 Å². The number of nitrogens with one attached hydrogen (secondary N) is 2. The van der Waals surface area contributed by atoms with Crippen LogP contribution < -0.4 is 25.2 Å². The van der Waals surface area contributed by atoms with Gasteiger partial charge in [-0.2, -0.15) is 13.2 Å². The van der Waals surface area contributed by atoms with E-state index in [1.165, 1.54) is 18.3 Å². The smallest absolute Gasteiger partial charge is 0.416 e. The largest absolute Gasteiger partial charge is 0.475 e. The van der Waals surface area contributed by atoms with E-state index in [1.54, 1.807) is 25.3 Å². The molecule has 0 saturated carbocycles. The molecule has 332 valence electrons. The Bertz CT molecular complexity index is 2400. The lowest BCUT2D eigenvalue weighted by molar-refractivity contribution is -0.139. The number of nitrogens with zero attached hydrogens (tertiary/aromatic N) is 6. The van der Waals surface area contributed by atoms with Crippen LogP contribution >= 0.6 is 0 Å². The lowest BCUT2D eigenvalue weighted by Crippen LogP contribution is -2.60. The number of carbonyl (C=O) groups excluding carboxylic acids is 5. The summed E-state index contributed by atoms with van der Waals surface area (Å²) < 4.78 is 52.0. The van der Waals surface area contributed by atoms with Crippen LogP contribution in [0.3, 0.4) is 0 Å². The van der Waals surface area contributed by atoms with E-state index >= 15 is 0 Å². The predicted molar refractivity (Wildman–Crippen MR) is 228 cm³/mol. The fourth-order valence-electron chi connectivity index (χ4n) is 8.13. The van der Waals surface area contributed by atoms with Crippen molar-refractivity contribution in [2.45, 2.75) is 58.3 Å². The molecule has 0 radical (unpaired) electrons. The van der Waals surface area contributed by atoms with E-state index < -0.39 is 41.4 Å². The second-order valence-corrected chi connectivity index (χ2v) is 16.4. The van der Waals surface area contributed by atoms with Gasteiger partial charge in [-0.3, -0.25) is 44.1 Å². The fraction of sp³-hybridized carbons (Fsp3) is 0.400. The number of halogens is 3. The van der Waals surface area contributed by atoms with Gasteiger partial charge in [0.15, 0.2) is 0 Å². The van der Waals surface area contributed by atoms with E-state index in [9.17, 15) is 37.1 Å². The second kappa shape index (κ2) is 18.5. The van der Waals surface area contributed by atoms with Crippen molar-refractivity contribution < 1.29 is 46.6 Å². The van der Waals surface area contributed by atoms with Gasteiger partial charge in [0.2, 0.25) is 24.1 Å². The number of hydrogen-bond donors (Lipinski definition) is 2. The number of anilines is 3. The van der Waals surface area contributed by atoms with Gasteiger partial charge in [0, 0.05) is 91.1 Å². The zero-order chi connectivity index (χ0) is 45.1. The molecule has 0 spiro atoms. The highest BCUT2D eigenvalue weighted by molar-refractivity contribution is 6.08. The number of imide groups is 2. The number of pyridine rings is 2. The van der Waals surface area contributed by atoms with E-state index in [-0.39, 0.29) is 23.9 Å². The van der Waals surface area contributed by atoms with Crippen molar-refractivity contribution in [2.24, 2.45) is 0 Å². The summed E-state index contributed by atoms with van der Waals surface area (Å²) >= 11 is 0. The van der Waals surface area contributed by atoms with E-state index in [0.29, 0.717) is 105 Å². The van der Waals surface area contributed by atoms with E-state index in [1.807, 2.05) is 25.1 Å². The van der Waals surface area contributed by atoms with Crippen molar-refractivity contribution in [3.05, 3.63) is 94.9 Å². The van der Waals surface area contributed by atoms with Gasteiger partial charge in [-0.15, -0.1) is 0 Å². The van der Waals surface area contributed by atoms with Gasteiger partial charge in [-0.1, -0.05) is 12.1 Å². The van der Waals surface area contributed by atoms with E-state index in [4.69, 9.17) is 14.5 Å². The SMILES string of the molecule is Cc1ccc(N2CCN(CCOc3ncc(-c4cc(NC(=O)c5cccc(C(F)(F)F)c5)cnc4C)cc3N3CCOCC3)C(C)(C)C2)cc1C(=O)N(C=O)C1CCC(=O)NC1=O. The molecule has 63 heavy (non-hydrogen) atoms. The normalized spacial score (nSPS) is 18.1. The first-order valence-corrected chi connectivity index (χ1v) is 20.7. The van der Waals surface area contributed by atoms with Crippen molar-refractivity contribution in [2.75, 3.05) is 74.2 Å². The Morgan fingerprint density at radius 2 is 1.78 bits per heavy atom. The minimum Gasteiger partial charge on any atom is -0.475 e. The van der Waals surface area contributed by atoms with Gasteiger partial charge >= 0.3 is 6.18 Å². The first-order chi connectivity index (χ1) is 30.0. The van der Waals surface area contributed by atoms with E-state index in [0.717, 1.165) is 28.4 Å². The molecule has 0 aliphatic carbocycles. The van der Waals surface area contributed by atoms with Gasteiger partial charge in [-0.05, 0) is 82.1 Å². The number of piperazine rings is 1. The maximum absolute atomic E-state index is 13.7. The van der Waals surface area contributed by atoms with Crippen LogP contribution in [0.1, 0.15) is 64.2 Å². The van der Waals surface area contributed by atoms with Crippen molar-refractivity contribution in [3.63, 3.8) is 0 Å².